The number of likely N-dealkylation sites (tertiary alicyclic amines) is 1. The number of fused-ring (bicyclic) bond motifs is 1. The molecule has 0 radical (unpaired) electrons. The number of ether oxygens (including phenoxy) is 1. The van der Waals surface area contributed by atoms with Gasteiger partial charge in [-0.2, -0.15) is 5.26 Å². The van der Waals surface area contributed by atoms with Gasteiger partial charge in [0, 0.05) is 75.7 Å². The number of piperidine rings is 3. The SMILES string of the molecule is C[C@H]1CC2(CCN(c3ccc(OC4CN(C5CCN(c6ccc7c(c6)C(=O)N(C6CCC(=O)NC6=O)C7=O)CC5)C4)cn3)CC2)CN1c1ccc(C#N)c(Cl)c1. The predicted molar refractivity (Wildman–Crippen MR) is 210 cm³/mol. The lowest BCUT2D eigenvalue weighted by molar-refractivity contribution is -0.136. The molecular formula is C42H45ClN8O5. The molecule has 0 aliphatic carbocycles. The zero-order valence-electron chi connectivity index (χ0n) is 31.5. The van der Waals surface area contributed by atoms with E-state index >= 15 is 0 Å². The van der Waals surface area contributed by atoms with Crippen molar-refractivity contribution in [3.8, 4) is 11.8 Å². The number of amides is 4. The smallest absolute Gasteiger partial charge is 0.262 e. The third-order valence-corrected chi connectivity index (χ3v) is 13.3. The van der Waals surface area contributed by atoms with E-state index in [4.69, 9.17) is 21.3 Å². The molecule has 2 aromatic carbocycles. The van der Waals surface area contributed by atoms with Crippen molar-refractivity contribution in [3.05, 3.63) is 76.4 Å². The van der Waals surface area contributed by atoms with Crippen molar-refractivity contribution in [1.29, 1.82) is 5.26 Å². The summed E-state index contributed by atoms with van der Waals surface area (Å²) in [6, 6.07) is 17.3. The molecule has 4 amide bonds. The normalized spacial score (nSPS) is 24.4. The summed E-state index contributed by atoms with van der Waals surface area (Å²) in [5.74, 6) is -0.171. The van der Waals surface area contributed by atoms with Crippen LogP contribution in [0.25, 0.3) is 0 Å². The number of imide groups is 2. The number of pyridine rings is 1. The van der Waals surface area contributed by atoms with E-state index in [1.54, 1.807) is 12.1 Å². The Balaban J connectivity index is 0.724. The van der Waals surface area contributed by atoms with E-state index in [1.807, 2.05) is 36.5 Å². The molecule has 7 heterocycles. The Morgan fingerprint density at radius 3 is 2.34 bits per heavy atom. The molecule has 1 unspecified atom stereocenters. The van der Waals surface area contributed by atoms with E-state index < -0.39 is 23.8 Å². The number of nitrogens with one attached hydrogen (secondary N) is 1. The van der Waals surface area contributed by atoms with Crippen molar-refractivity contribution in [2.45, 2.75) is 76.1 Å². The van der Waals surface area contributed by atoms with E-state index in [9.17, 15) is 24.4 Å². The lowest BCUT2D eigenvalue weighted by atomic mass is 9.77. The van der Waals surface area contributed by atoms with Gasteiger partial charge in [-0.3, -0.25) is 34.3 Å². The molecule has 13 nitrogen and oxygen atoms in total. The summed E-state index contributed by atoms with van der Waals surface area (Å²) in [5.41, 5.74) is 3.37. The summed E-state index contributed by atoms with van der Waals surface area (Å²) in [5, 5.41) is 12.0. The molecule has 14 heteroatoms. The highest BCUT2D eigenvalue weighted by atomic mass is 35.5. The van der Waals surface area contributed by atoms with Crippen molar-refractivity contribution >= 4 is 52.4 Å². The van der Waals surface area contributed by atoms with Gasteiger partial charge in [-0.05, 0) is 99.4 Å². The van der Waals surface area contributed by atoms with Gasteiger partial charge in [-0.15, -0.1) is 0 Å². The standard InChI is InChI=1S/C42H45ClN8O5/c1-26-20-42(25-50(26)30-3-2-27(21-44)35(43)19-30)12-16-48(17-13-42)37-8-5-31(22-45-37)56-32-23-49(24-32)28-10-14-47(15-11-28)29-4-6-33-34(18-29)41(55)51(40(33)54)36-7-9-38(52)46-39(36)53/h2-6,8,18-19,22,26,28,32,36H,7,9-17,20,23-25H2,1H3,(H,46,52,53)/t26-,36?/m0/s1. The van der Waals surface area contributed by atoms with Gasteiger partial charge in [-0.25, -0.2) is 4.98 Å². The summed E-state index contributed by atoms with van der Waals surface area (Å²) in [7, 11) is 0. The number of rotatable bonds is 7. The number of carbonyl (C=O) groups excluding carboxylic acids is 4. The van der Waals surface area contributed by atoms with Gasteiger partial charge in [0.1, 0.15) is 29.8 Å². The van der Waals surface area contributed by atoms with Crippen molar-refractivity contribution in [3.63, 3.8) is 0 Å². The first-order chi connectivity index (χ1) is 27.1. The Kier molecular flexibility index (Phi) is 9.37. The molecule has 5 saturated heterocycles. The van der Waals surface area contributed by atoms with Crippen molar-refractivity contribution in [1.82, 2.24) is 20.1 Å². The minimum atomic E-state index is -0.967. The van der Waals surface area contributed by atoms with Gasteiger partial charge < -0.3 is 19.4 Å². The minimum absolute atomic E-state index is 0.0966. The summed E-state index contributed by atoms with van der Waals surface area (Å²) < 4.78 is 6.32. The van der Waals surface area contributed by atoms with Crippen LogP contribution in [0.1, 0.15) is 78.1 Å². The zero-order valence-corrected chi connectivity index (χ0v) is 32.2. The number of nitrogens with zero attached hydrogens (tertiary/aromatic N) is 7. The molecule has 6 aliphatic heterocycles. The fourth-order valence-electron chi connectivity index (χ4n) is 9.82. The first kappa shape index (κ1) is 36.4. The largest absolute Gasteiger partial charge is 0.486 e. The summed E-state index contributed by atoms with van der Waals surface area (Å²) >= 11 is 6.37. The Morgan fingerprint density at radius 1 is 0.893 bits per heavy atom. The third kappa shape index (κ3) is 6.62. The Labute approximate surface area is 331 Å². The van der Waals surface area contributed by atoms with Crippen LogP contribution in [0, 0.1) is 16.7 Å². The average molecular weight is 777 g/mol. The van der Waals surface area contributed by atoms with E-state index in [0.717, 1.165) is 106 Å². The number of anilines is 3. The van der Waals surface area contributed by atoms with Crippen LogP contribution >= 0.6 is 11.6 Å². The maximum absolute atomic E-state index is 13.3. The molecule has 9 rings (SSSR count). The maximum Gasteiger partial charge on any atom is 0.262 e. The second-order valence-corrected chi connectivity index (χ2v) is 16.8. The monoisotopic (exact) mass is 776 g/mol. The van der Waals surface area contributed by atoms with Crippen LogP contribution in [-0.4, -0.2) is 108 Å². The van der Waals surface area contributed by atoms with Crippen molar-refractivity contribution < 1.29 is 23.9 Å². The Morgan fingerprint density at radius 2 is 1.64 bits per heavy atom. The number of aromatic nitrogens is 1. The first-order valence-electron chi connectivity index (χ1n) is 19.8. The van der Waals surface area contributed by atoms with Crippen LogP contribution in [0.15, 0.2) is 54.7 Å². The fourth-order valence-corrected chi connectivity index (χ4v) is 10.0. The quantitative estimate of drug-likeness (QED) is 0.336. The van der Waals surface area contributed by atoms with E-state index in [1.165, 1.54) is 0 Å². The van der Waals surface area contributed by atoms with Gasteiger partial charge in [-0.1, -0.05) is 11.6 Å². The summed E-state index contributed by atoms with van der Waals surface area (Å²) in [4.78, 5) is 65.8. The van der Waals surface area contributed by atoms with Crippen molar-refractivity contribution in [2.24, 2.45) is 5.41 Å². The second-order valence-electron chi connectivity index (χ2n) is 16.4. The van der Waals surface area contributed by atoms with Crippen LogP contribution in [0.4, 0.5) is 17.2 Å². The third-order valence-electron chi connectivity index (χ3n) is 13.0. The summed E-state index contributed by atoms with van der Waals surface area (Å²) in [6.07, 6.45) is 7.53. The molecule has 1 N–H and O–H groups in total. The van der Waals surface area contributed by atoms with E-state index in [-0.39, 0.29) is 30.3 Å². The number of hydrogen-bond acceptors (Lipinski definition) is 11. The molecule has 2 atom stereocenters. The molecule has 1 spiro atoms. The second kappa shape index (κ2) is 14.4. The van der Waals surface area contributed by atoms with Crippen LogP contribution in [0.3, 0.4) is 0 Å². The molecule has 1 aromatic heterocycles. The van der Waals surface area contributed by atoms with Gasteiger partial charge in [0.2, 0.25) is 11.8 Å². The van der Waals surface area contributed by atoms with Crippen LogP contribution < -0.4 is 24.8 Å². The number of carbonyl (C=O) groups is 4. The van der Waals surface area contributed by atoms with Gasteiger partial charge >= 0.3 is 0 Å². The zero-order chi connectivity index (χ0) is 38.7. The number of nitriles is 1. The number of halogens is 1. The highest BCUT2D eigenvalue weighted by Gasteiger charge is 2.46. The minimum Gasteiger partial charge on any atom is -0.486 e. The van der Waals surface area contributed by atoms with Crippen LogP contribution in [0.2, 0.25) is 5.02 Å². The first-order valence-corrected chi connectivity index (χ1v) is 20.1. The summed E-state index contributed by atoms with van der Waals surface area (Å²) in [6.45, 7) is 8.61. The fraction of sp³-hybridized carbons (Fsp3) is 0.476. The molecule has 290 valence electrons. The molecule has 5 fully saturated rings. The average Bonchev–Trinajstić information content (AvgIpc) is 3.64. The van der Waals surface area contributed by atoms with Gasteiger partial charge in [0.25, 0.3) is 11.8 Å². The highest BCUT2D eigenvalue weighted by molar-refractivity contribution is 6.32. The highest BCUT2D eigenvalue weighted by Crippen LogP contribution is 2.46. The Hall–Kier alpha value is -5.19. The lowest BCUT2D eigenvalue weighted by Gasteiger charge is -2.47. The topological polar surface area (TPSA) is 142 Å². The van der Waals surface area contributed by atoms with E-state index in [2.05, 4.69) is 44.0 Å². The molecular weight excluding hydrogens is 732 g/mol. The van der Waals surface area contributed by atoms with Crippen molar-refractivity contribution in [2.75, 3.05) is 60.5 Å². The number of hydrogen-bond donors (Lipinski definition) is 1. The Bertz CT molecular complexity index is 2120. The van der Waals surface area contributed by atoms with Crippen LogP contribution in [0.5, 0.6) is 5.75 Å². The molecule has 3 aromatic rings. The molecule has 0 bridgehead atoms. The lowest BCUT2D eigenvalue weighted by Crippen LogP contribution is -2.59. The van der Waals surface area contributed by atoms with Gasteiger partial charge in [0.05, 0.1) is 27.9 Å². The van der Waals surface area contributed by atoms with Gasteiger partial charge in [0.15, 0.2) is 0 Å². The molecule has 0 saturated carbocycles. The van der Waals surface area contributed by atoms with E-state index in [0.29, 0.717) is 33.8 Å². The number of benzene rings is 2. The maximum atomic E-state index is 13.3. The molecule has 6 aliphatic rings. The molecule has 56 heavy (non-hydrogen) atoms. The van der Waals surface area contributed by atoms with Crippen LogP contribution in [-0.2, 0) is 9.59 Å². The predicted octanol–water partition coefficient (Wildman–Crippen LogP) is 4.63.